The summed E-state index contributed by atoms with van der Waals surface area (Å²) in [5.41, 5.74) is 0.465. The lowest BCUT2D eigenvalue weighted by molar-refractivity contribution is -0.149. The van der Waals surface area contributed by atoms with E-state index in [1.54, 1.807) is 6.92 Å². The normalized spacial score (nSPS) is 12.4. The number of aliphatic hydroxyl groups is 1. The van der Waals surface area contributed by atoms with Gasteiger partial charge in [-0.3, -0.25) is 0 Å². The molecule has 0 saturated carbocycles. The van der Waals surface area contributed by atoms with Crippen molar-refractivity contribution in [2.75, 3.05) is 6.61 Å². The van der Waals surface area contributed by atoms with Crippen molar-refractivity contribution >= 4 is 5.97 Å². The Morgan fingerprint density at radius 3 is 2.14 bits per heavy atom. The number of unbranched alkanes of at least 4 members (excludes halogenated alkanes) is 7. The second-order valence-corrected chi connectivity index (χ2v) is 7.01. The number of hydrogen-bond donors (Lipinski definition) is 1. The molecule has 0 aliphatic heterocycles. The Morgan fingerprint density at radius 2 is 1.59 bits per heavy atom. The number of carbonyl (C=O) groups excluding carboxylic acids is 1. The lowest BCUT2D eigenvalue weighted by atomic mass is 9.89. The fourth-order valence-corrected chi connectivity index (χ4v) is 2.20. The van der Waals surface area contributed by atoms with E-state index in [-0.39, 0.29) is 6.61 Å². The molecule has 3 heteroatoms. The predicted octanol–water partition coefficient (Wildman–Crippen LogP) is 4.47. The number of carbonyl (C=O) groups is 1. The van der Waals surface area contributed by atoms with Crippen LogP contribution in [0.1, 0.15) is 85.5 Å². The molecule has 1 N–H and O–H groups in total. The smallest absolute Gasteiger partial charge is 0.347 e. The van der Waals surface area contributed by atoms with Gasteiger partial charge in [0.15, 0.2) is 0 Å². The van der Waals surface area contributed by atoms with Crippen LogP contribution in [0.15, 0.2) is 0 Å². The molecule has 0 spiro atoms. The Labute approximate surface area is 136 Å². The Bertz CT molecular complexity index is 344. The molecule has 0 aromatic heterocycles. The molecule has 0 aromatic rings. The van der Waals surface area contributed by atoms with Gasteiger partial charge in [-0.15, -0.1) is 0 Å². The van der Waals surface area contributed by atoms with Crippen molar-refractivity contribution in [1.82, 2.24) is 0 Å². The van der Waals surface area contributed by atoms with Gasteiger partial charge in [-0.2, -0.15) is 0 Å². The van der Waals surface area contributed by atoms with Gasteiger partial charge >= 0.3 is 5.97 Å². The summed E-state index contributed by atoms with van der Waals surface area (Å²) in [6, 6.07) is 0. The SMILES string of the molecule is CCOC(=O)[C@@H](O)C#CCCCCCCCCCC(C)(C)C. The lowest BCUT2D eigenvalue weighted by Crippen LogP contribution is -2.21. The zero-order valence-corrected chi connectivity index (χ0v) is 14.9. The minimum absolute atomic E-state index is 0.271. The summed E-state index contributed by atoms with van der Waals surface area (Å²) in [5, 5.41) is 9.38. The zero-order valence-electron chi connectivity index (χ0n) is 14.9. The van der Waals surface area contributed by atoms with E-state index in [1.165, 1.54) is 44.9 Å². The van der Waals surface area contributed by atoms with Crippen LogP contribution in [0.5, 0.6) is 0 Å². The Kier molecular flexibility index (Phi) is 12.0. The highest BCUT2D eigenvalue weighted by atomic mass is 16.5. The molecule has 0 bridgehead atoms. The molecule has 0 rings (SSSR count). The first kappa shape index (κ1) is 21.0. The summed E-state index contributed by atoms with van der Waals surface area (Å²) < 4.78 is 4.68. The van der Waals surface area contributed by atoms with Crippen molar-refractivity contribution in [1.29, 1.82) is 0 Å². The summed E-state index contributed by atoms with van der Waals surface area (Å²) in [5.74, 6) is 4.73. The zero-order chi connectivity index (χ0) is 16.8. The van der Waals surface area contributed by atoms with Gasteiger partial charge in [-0.1, -0.05) is 71.1 Å². The molecule has 0 aliphatic rings. The fraction of sp³-hybridized carbons (Fsp3) is 0.842. The standard InChI is InChI=1S/C19H34O3/c1-5-22-18(21)17(20)15-13-11-9-7-6-8-10-12-14-16-19(2,3)4/h17,20H,5-12,14,16H2,1-4H3/t17-/m0/s1. The van der Waals surface area contributed by atoms with Crippen LogP contribution in [0.4, 0.5) is 0 Å². The Balaban J connectivity index is 3.43. The highest BCUT2D eigenvalue weighted by Gasteiger charge is 2.11. The second-order valence-electron chi connectivity index (χ2n) is 7.01. The number of hydrogen-bond acceptors (Lipinski definition) is 3. The maximum atomic E-state index is 11.1. The molecule has 1 atom stereocenters. The number of esters is 1. The first-order valence-electron chi connectivity index (χ1n) is 8.70. The van der Waals surface area contributed by atoms with Crippen LogP contribution in [-0.2, 0) is 9.53 Å². The molecule has 128 valence electrons. The van der Waals surface area contributed by atoms with Gasteiger partial charge in [0.25, 0.3) is 0 Å². The minimum atomic E-state index is -1.29. The van der Waals surface area contributed by atoms with Crippen LogP contribution < -0.4 is 0 Å². The molecule has 22 heavy (non-hydrogen) atoms. The van der Waals surface area contributed by atoms with Crippen molar-refractivity contribution in [2.24, 2.45) is 5.41 Å². The monoisotopic (exact) mass is 310 g/mol. The van der Waals surface area contributed by atoms with Crippen LogP contribution in [0.25, 0.3) is 0 Å². The second kappa shape index (κ2) is 12.5. The minimum Gasteiger partial charge on any atom is -0.463 e. The van der Waals surface area contributed by atoms with Crippen molar-refractivity contribution in [3.8, 4) is 11.8 Å². The first-order chi connectivity index (χ1) is 10.4. The summed E-state index contributed by atoms with van der Waals surface area (Å²) >= 11 is 0. The molecule has 0 unspecified atom stereocenters. The molecule has 0 saturated heterocycles. The van der Waals surface area contributed by atoms with E-state index in [2.05, 4.69) is 37.3 Å². The highest BCUT2D eigenvalue weighted by molar-refractivity contribution is 5.77. The van der Waals surface area contributed by atoms with Crippen molar-refractivity contribution in [3.63, 3.8) is 0 Å². The summed E-state index contributed by atoms with van der Waals surface area (Å²) in [7, 11) is 0. The highest BCUT2D eigenvalue weighted by Crippen LogP contribution is 2.22. The van der Waals surface area contributed by atoms with Gasteiger partial charge in [0.2, 0.25) is 6.10 Å². The number of rotatable bonds is 10. The van der Waals surface area contributed by atoms with Crippen molar-refractivity contribution in [2.45, 2.75) is 91.6 Å². The third kappa shape index (κ3) is 13.9. The largest absolute Gasteiger partial charge is 0.463 e. The molecular formula is C19H34O3. The maximum absolute atomic E-state index is 11.1. The molecule has 3 nitrogen and oxygen atoms in total. The topological polar surface area (TPSA) is 46.5 Å². The summed E-state index contributed by atoms with van der Waals surface area (Å²) in [4.78, 5) is 11.1. The number of ether oxygens (including phenoxy) is 1. The van der Waals surface area contributed by atoms with E-state index in [0.717, 1.165) is 12.8 Å². The maximum Gasteiger partial charge on any atom is 0.347 e. The van der Waals surface area contributed by atoms with Gasteiger partial charge in [0, 0.05) is 6.42 Å². The molecule has 0 aliphatic carbocycles. The van der Waals surface area contributed by atoms with Crippen LogP contribution >= 0.6 is 0 Å². The van der Waals surface area contributed by atoms with E-state index in [0.29, 0.717) is 5.41 Å². The molecule has 0 fully saturated rings. The van der Waals surface area contributed by atoms with E-state index in [4.69, 9.17) is 0 Å². The summed E-state index contributed by atoms with van der Waals surface area (Å²) in [6.45, 7) is 8.88. The van der Waals surface area contributed by atoms with E-state index < -0.39 is 12.1 Å². The first-order valence-corrected chi connectivity index (χ1v) is 8.70. The molecule has 0 amide bonds. The predicted molar refractivity (Wildman–Crippen MR) is 91.4 cm³/mol. The van der Waals surface area contributed by atoms with E-state index in [9.17, 15) is 9.90 Å². The summed E-state index contributed by atoms with van der Waals surface area (Å²) in [6.07, 6.45) is 9.50. The average molecular weight is 310 g/mol. The van der Waals surface area contributed by atoms with Gasteiger partial charge < -0.3 is 9.84 Å². The van der Waals surface area contributed by atoms with Crippen molar-refractivity contribution in [3.05, 3.63) is 0 Å². The molecule has 0 aromatic carbocycles. The van der Waals surface area contributed by atoms with Gasteiger partial charge in [-0.25, -0.2) is 4.79 Å². The van der Waals surface area contributed by atoms with Crippen LogP contribution in [0.2, 0.25) is 0 Å². The Hall–Kier alpha value is -1.01. The third-order valence-electron chi connectivity index (χ3n) is 3.48. The van der Waals surface area contributed by atoms with Crippen LogP contribution in [0.3, 0.4) is 0 Å². The average Bonchev–Trinajstić information content (AvgIpc) is 2.43. The lowest BCUT2D eigenvalue weighted by Gasteiger charge is -2.17. The van der Waals surface area contributed by atoms with E-state index in [1.807, 2.05) is 0 Å². The molecule has 0 heterocycles. The van der Waals surface area contributed by atoms with Gasteiger partial charge in [0.1, 0.15) is 0 Å². The quantitative estimate of drug-likeness (QED) is 0.368. The Morgan fingerprint density at radius 1 is 1.05 bits per heavy atom. The van der Waals surface area contributed by atoms with Crippen molar-refractivity contribution < 1.29 is 14.6 Å². The fourth-order valence-electron chi connectivity index (χ4n) is 2.20. The molecular weight excluding hydrogens is 276 g/mol. The van der Waals surface area contributed by atoms with Crippen LogP contribution in [-0.4, -0.2) is 23.8 Å². The van der Waals surface area contributed by atoms with Gasteiger partial charge in [0.05, 0.1) is 6.61 Å². The van der Waals surface area contributed by atoms with Gasteiger partial charge in [-0.05, 0) is 25.2 Å². The number of aliphatic hydroxyl groups excluding tert-OH is 1. The molecule has 0 radical (unpaired) electrons. The van der Waals surface area contributed by atoms with Crippen LogP contribution in [0, 0.1) is 17.3 Å². The third-order valence-corrected chi connectivity index (χ3v) is 3.48. The van der Waals surface area contributed by atoms with E-state index >= 15 is 0 Å².